The first-order valence-corrected chi connectivity index (χ1v) is 11.2. The van der Waals surface area contributed by atoms with Gasteiger partial charge in [0, 0.05) is 40.7 Å². The van der Waals surface area contributed by atoms with Gasteiger partial charge in [0.05, 0.1) is 31.6 Å². The number of benzene rings is 2. The number of nitrogens with zero attached hydrogens (tertiary/aromatic N) is 4. The van der Waals surface area contributed by atoms with Crippen LogP contribution in [0.3, 0.4) is 0 Å². The zero-order valence-electron chi connectivity index (χ0n) is 19.8. The van der Waals surface area contributed by atoms with Crippen LogP contribution in [0.5, 0.6) is 11.5 Å². The molecule has 2 heterocycles. The predicted octanol–water partition coefficient (Wildman–Crippen LogP) is 4.94. The molecule has 2 aromatic heterocycles. The number of aromatic nitrogens is 3. The molecule has 2 aromatic carbocycles. The van der Waals surface area contributed by atoms with Crippen molar-refractivity contribution in [1.82, 2.24) is 15.0 Å². The predicted molar refractivity (Wildman–Crippen MR) is 144 cm³/mol. The third-order valence-corrected chi connectivity index (χ3v) is 5.08. The van der Waals surface area contributed by atoms with Crippen molar-refractivity contribution in [3.05, 3.63) is 72.2 Å². The topological polar surface area (TPSA) is 106 Å². The lowest BCUT2D eigenvalue weighted by Crippen LogP contribution is -2.26. The Hall–Kier alpha value is -4.31. The molecule has 0 amide bonds. The van der Waals surface area contributed by atoms with Gasteiger partial charge >= 0.3 is 0 Å². The van der Waals surface area contributed by atoms with Crippen molar-refractivity contribution in [2.24, 2.45) is 4.99 Å². The second-order valence-electron chi connectivity index (χ2n) is 7.63. The van der Waals surface area contributed by atoms with Crippen molar-refractivity contribution in [2.75, 3.05) is 30.2 Å². The Morgan fingerprint density at radius 2 is 1.51 bits per heavy atom. The highest BCUT2D eigenvalue weighted by Crippen LogP contribution is 2.26. The first kappa shape index (κ1) is 23.8. The maximum Gasteiger partial charge on any atom is 0.229 e. The second kappa shape index (κ2) is 10.7. The molecule has 0 aliphatic rings. The second-order valence-corrected chi connectivity index (χ2v) is 8.02. The number of hydrogen-bond donors (Lipinski definition) is 3. The number of aliphatic imine (C=N–C) groups is 1. The molecule has 9 nitrogen and oxygen atoms in total. The maximum absolute atomic E-state index is 5.52. The molecule has 0 atom stereocenters. The highest BCUT2D eigenvalue weighted by atomic mass is 32.1. The molecular weight excluding hydrogens is 462 g/mol. The summed E-state index contributed by atoms with van der Waals surface area (Å²) in [4.78, 5) is 17.9. The van der Waals surface area contributed by atoms with Crippen LogP contribution in [0.15, 0.2) is 65.8 Å². The number of fused-ring (bicyclic) bond motifs is 1. The number of para-hydroxylation sites is 1. The Labute approximate surface area is 208 Å². The van der Waals surface area contributed by atoms with Crippen molar-refractivity contribution >= 4 is 51.5 Å². The van der Waals surface area contributed by atoms with E-state index in [1.807, 2.05) is 50.2 Å². The number of aryl methyl sites for hydroxylation is 2. The summed E-state index contributed by atoms with van der Waals surface area (Å²) >= 11 is 5.52. The summed E-state index contributed by atoms with van der Waals surface area (Å²) in [5.41, 5.74) is 3.95. The van der Waals surface area contributed by atoms with Crippen LogP contribution in [0.1, 0.15) is 11.4 Å². The van der Waals surface area contributed by atoms with Crippen LogP contribution in [0, 0.1) is 13.8 Å². The number of ether oxygens (including phenoxy) is 2. The van der Waals surface area contributed by atoms with Crippen LogP contribution in [-0.2, 0) is 0 Å². The van der Waals surface area contributed by atoms with E-state index in [4.69, 9.17) is 21.7 Å². The van der Waals surface area contributed by atoms with Crippen molar-refractivity contribution in [1.29, 1.82) is 0 Å². The Kier molecular flexibility index (Phi) is 7.32. The van der Waals surface area contributed by atoms with Gasteiger partial charge in [0.25, 0.3) is 0 Å². The van der Waals surface area contributed by atoms with E-state index in [1.165, 1.54) is 0 Å². The van der Waals surface area contributed by atoms with Gasteiger partial charge in [-0.2, -0.15) is 4.99 Å². The number of hydrogen-bond acceptors (Lipinski definition) is 6. The number of pyridine rings is 1. The highest BCUT2D eigenvalue weighted by Gasteiger charge is 2.09. The summed E-state index contributed by atoms with van der Waals surface area (Å²) in [7, 11) is 3.17. The molecule has 178 valence electrons. The fourth-order valence-electron chi connectivity index (χ4n) is 3.38. The largest absolute Gasteiger partial charge is 0.497 e. The molecule has 10 heteroatoms. The summed E-state index contributed by atoms with van der Waals surface area (Å²) in [6, 6.07) is 17.1. The van der Waals surface area contributed by atoms with Crippen LogP contribution >= 0.6 is 12.2 Å². The summed E-state index contributed by atoms with van der Waals surface area (Å²) in [5, 5.41) is 10.7. The summed E-state index contributed by atoms with van der Waals surface area (Å²) in [5.74, 6) is 1.98. The minimum atomic E-state index is 0.202. The van der Waals surface area contributed by atoms with Crippen molar-refractivity contribution in [3.63, 3.8) is 0 Å². The zero-order chi connectivity index (χ0) is 24.8. The standard InChI is InChI=1S/C25H25N7O2S/c1-15-9-16(2)28-23(27-15)31-24(29-19-10-17-7-5-6-8-22(17)26-14-19)32-25(35)30-18-11-20(33-3)13-21(12-18)34-4/h5-14H,1-4H3,(H3,27,28,29,30,31,32,35). The number of rotatable bonds is 5. The van der Waals surface area contributed by atoms with E-state index in [2.05, 4.69) is 35.9 Å². The fourth-order valence-corrected chi connectivity index (χ4v) is 3.59. The van der Waals surface area contributed by atoms with Crippen LogP contribution in [-0.4, -0.2) is 40.2 Å². The Morgan fingerprint density at radius 1 is 0.829 bits per heavy atom. The first-order chi connectivity index (χ1) is 16.9. The number of nitrogens with one attached hydrogen (secondary N) is 3. The third kappa shape index (κ3) is 6.39. The summed E-state index contributed by atoms with van der Waals surface area (Å²) < 4.78 is 10.7. The lowest BCUT2D eigenvalue weighted by Gasteiger charge is -2.14. The Morgan fingerprint density at radius 3 is 2.20 bits per heavy atom. The first-order valence-electron chi connectivity index (χ1n) is 10.8. The van der Waals surface area contributed by atoms with Gasteiger partial charge in [-0.15, -0.1) is 0 Å². The minimum absolute atomic E-state index is 0.202. The van der Waals surface area contributed by atoms with E-state index in [9.17, 15) is 0 Å². The number of guanidine groups is 1. The van der Waals surface area contributed by atoms with Gasteiger partial charge in [-0.05, 0) is 44.3 Å². The molecule has 0 fully saturated rings. The van der Waals surface area contributed by atoms with Crippen molar-refractivity contribution in [2.45, 2.75) is 13.8 Å². The Bertz CT molecular complexity index is 1370. The van der Waals surface area contributed by atoms with Crippen molar-refractivity contribution < 1.29 is 9.47 Å². The molecule has 0 aliphatic heterocycles. The average molecular weight is 488 g/mol. The average Bonchev–Trinajstić information content (AvgIpc) is 2.82. The van der Waals surface area contributed by atoms with Gasteiger partial charge < -0.3 is 20.1 Å². The van der Waals surface area contributed by atoms with E-state index < -0.39 is 0 Å². The molecule has 0 unspecified atom stereocenters. The van der Waals surface area contributed by atoms with Gasteiger partial charge in [-0.1, -0.05) is 18.2 Å². The molecule has 0 radical (unpaired) electrons. The smallest absolute Gasteiger partial charge is 0.229 e. The quantitative estimate of drug-likeness (QED) is 0.205. The molecule has 4 aromatic rings. The van der Waals surface area contributed by atoms with Gasteiger partial charge in [0.1, 0.15) is 11.5 Å². The molecule has 0 saturated carbocycles. The number of methoxy groups -OCH3 is 2. The van der Waals surface area contributed by atoms with E-state index in [0.717, 1.165) is 28.0 Å². The minimum Gasteiger partial charge on any atom is -0.497 e. The number of thiocarbonyl (C=S) groups is 1. The van der Waals surface area contributed by atoms with Crippen molar-refractivity contribution in [3.8, 4) is 11.5 Å². The van der Waals surface area contributed by atoms with Gasteiger partial charge in [0.15, 0.2) is 0 Å². The summed E-state index contributed by atoms with van der Waals surface area (Å²) in [6.45, 7) is 3.81. The van der Waals surface area contributed by atoms with E-state index in [-0.39, 0.29) is 5.11 Å². The maximum atomic E-state index is 5.52. The molecule has 0 saturated heterocycles. The van der Waals surface area contributed by atoms with Gasteiger partial charge in [0.2, 0.25) is 17.0 Å². The molecular formula is C25H25N7O2S. The monoisotopic (exact) mass is 487 g/mol. The lowest BCUT2D eigenvalue weighted by atomic mass is 10.2. The summed E-state index contributed by atoms with van der Waals surface area (Å²) in [6.07, 6.45) is 1.73. The third-order valence-electron chi connectivity index (χ3n) is 4.88. The van der Waals surface area contributed by atoms with E-state index in [1.54, 1.807) is 38.6 Å². The molecule has 4 rings (SSSR count). The number of anilines is 3. The van der Waals surface area contributed by atoms with E-state index >= 15 is 0 Å². The van der Waals surface area contributed by atoms with Crippen LogP contribution in [0.4, 0.5) is 17.3 Å². The molecule has 3 N–H and O–H groups in total. The zero-order valence-corrected chi connectivity index (χ0v) is 20.6. The molecule has 0 spiro atoms. The van der Waals surface area contributed by atoms with Gasteiger partial charge in [-0.25, -0.2) is 9.97 Å². The normalized spacial score (nSPS) is 11.1. The molecule has 0 bridgehead atoms. The SMILES string of the molecule is COc1cc(NC(=S)/N=C(/Nc2cnc3ccccc3c2)Nc2nc(C)cc(C)n2)cc(OC)c1. The van der Waals surface area contributed by atoms with E-state index in [0.29, 0.717) is 29.1 Å². The van der Waals surface area contributed by atoms with Crippen LogP contribution in [0.2, 0.25) is 0 Å². The fraction of sp³-hybridized carbons (Fsp3) is 0.160. The molecule has 35 heavy (non-hydrogen) atoms. The highest BCUT2D eigenvalue weighted by molar-refractivity contribution is 7.80. The van der Waals surface area contributed by atoms with Crippen LogP contribution < -0.4 is 25.4 Å². The lowest BCUT2D eigenvalue weighted by molar-refractivity contribution is 0.395. The van der Waals surface area contributed by atoms with Crippen LogP contribution in [0.25, 0.3) is 10.9 Å². The van der Waals surface area contributed by atoms with Gasteiger partial charge in [-0.3, -0.25) is 10.3 Å². The molecule has 0 aliphatic carbocycles. The Balaban J connectivity index is 1.63.